The van der Waals surface area contributed by atoms with Crippen LogP contribution in [-0.4, -0.2) is 11.5 Å². The predicted molar refractivity (Wildman–Crippen MR) is 74.8 cm³/mol. The number of benzene rings is 2. The Morgan fingerprint density at radius 3 is 1.83 bits per heavy atom. The number of ether oxygens (including phenoxy) is 1. The highest BCUT2D eigenvalue weighted by Crippen LogP contribution is 2.32. The largest absolute Gasteiger partial charge is 0.573 e. The molecule has 2 rings (SSSR count). The topological polar surface area (TPSA) is 26.3 Å². The van der Waals surface area contributed by atoms with Gasteiger partial charge in [0.1, 0.15) is 5.75 Å². The van der Waals surface area contributed by atoms with Gasteiger partial charge in [-0.15, -0.1) is 13.2 Å². The first kappa shape index (κ1) is 18.2. The van der Waals surface area contributed by atoms with Crippen LogP contribution in [0.1, 0.15) is 15.9 Å². The van der Waals surface area contributed by atoms with Gasteiger partial charge in [-0.05, 0) is 60.3 Å². The van der Waals surface area contributed by atoms with Crippen LogP contribution in [0.2, 0.25) is 0 Å². The van der Waals surface area contributed by atoms with Crippen molar-refractivity contribution in [2.45, 2.75) is 17.4 Å². The summed E-state index contributed by atoms with van der Waals surface area (Å²) in [5, 5.41) is -0.520. The van der Waals surface area contributed by atoms with E-state index in [0.29, 0.717) is 11.8 Å². The molecule has 0 heterocycles. The van der Waals surface area contributed by atoms with E-state index < -0.39 is 29.0 Å². The molecule has 0 saturated carbocycles. The molecule has 0 radical (unpaired) electrons. The number of carbonyl (C=O) groups is 1. The molecule has 0 aliphatic heterocycles. The third-order valence-corrected chi connectivity index (χ3v) is 3.64. The molecule has 0 atom stereocenters. The van der Waals surface area contributed by atoms with Crippen LogP contribution in [0.3, 0.4) is 0 Å². The summed E-state index contributed by atoms with van der Waals surface area (Å²) in [6.45, 7) is 0. The van der Waals surface area contributed by atoms with Crippen LogP contribution in [0.5, 0.6) is 5.75 Å². The maximum absolute atomic E-state index is 12.4. The Kier molecular flexibility index (Phi) is 5.12. The van der Waals surface area contributed by atoms with E-state index in [4.69, 9.17) is 0 Å². The van der Waals surface area contributed by atoms with E-state index in [1.165, 1.54) is 0 Å². The number of carbonyl (C=O) groups excluding carboxylic acids is 1. The van der Waals surface area contributed by atoms with Gasteiger partial charge in [-0.2, -0.15) is 13.2 Å². The maximum atomic E-state index is 12.4. The van der Waals surface area contributed by atoms with Crippen LogP contribution >= 0.6 is 11.8 Å². The normalized spacial score (nSPS) is 12.1. The van der Waals surface area contributed by atoms with Crippen molar-refractivity contribution >= 4 is 16.9 Å². The first-order chi connectivity index (χ1) is 11.0. The molecule has 0 spiro atoms. The lowest BCUT2D eigenvalue weighted by atomic mass is 10.2. The fourth-order valence-corrected chi connectivity index (χ4v) is 2.41. The molecule has 0 aromatic heterocycles. The molecular weight excluding hydrogens is 358 g/mol. The summed E-state index contributed by atoms with van der Waals surface area (Å²) in [6, 6.07) is 8.22. The van der Waals surface area contributed by atoms with Crippen molar-refractivity contribution in [2.24, 2.45) is 0 Å². The summed E-state index contributed by atoms with van der Waals surface area (Å²) in [7, 11) is 0. The van der Waals surface area contributed by atoms with Crippen molar-refractivity contribution in [3.8, 4) is 5.75 Å². The van der Waals surface area contributed by atoms with Crippen LogP contribution in [-0.2, 0) is 6.18 Å². The van der Waals surface area contributed by atoms with E-state index in [9.17, 15) is 31.1 Å². The van der Waals surface area contributed by atoms with Crippen molar-refractivity contribution in [3.63, 3.8) is 0 Å². The lowest BCUT2D eigenvalue weighted by molar-refractivity contribution is -0.274. The van der Waals surface area contributed by atoms with Gasteiger partial charge in [-0.3, -0.25) is 4.79 Å². The lowest BCUT2D eigenvalue weighted by Crippen LogP contribution is -2.17. The summed E-state index contributed by atoms with van der Waals surface area (Å²) in [5.41, 5.74) is -0.748. The molecule has 0 aliphatic carbocycles. The van der Waals surface area contributed by atoms with Crippen molar-refractivity contribution in [1.82, 2.24) is 0 Å². The quantitative estimate of drug-likeness (QED) is 0.527. The smallest absolute Gasteiger partial charge is 0.406 e. The van der Waals surface area contributed by atoms with Gasteiger partial charge in [0.2, 0.25) is 5.12 Å². The van der Waals surface area contributed by atoms with E-state index in [-0.39, 0.29) is 10.5 Å². The zero-order chi connectivity index (χ0) is 18.0. The molecule has 0 aliphatic rings. The molecule has 24 heavy (non-hydrogen) atoms. The second-order valence-corrected chi connectivity index (χ2v) is 5.53. The van der Waals surface area contributed by atoms with Gasteiger partial charge in [0.15, 0.2) is 0 Å². The molecule has 0 unspecified atom stereocenters. The molecule has 0 saturated heterocycles. The summed E-state index contributed by atoms with van der Waals surface area (Å²) in [6.07, 6.45) is -9.30. The fourth-order valence-electron chi connectivity index (χ4n) is 1.67. The van der Waals surface area contributed by atoms with Crippen molar-refractivity contribution in [2.75, 3.05) is 0 Å². The minimum Gasteiger partial charge on any atom is -0.406 e. The number of rotatable bonds is 3. The van der Waals surface area contributed by atoms with Crippen LogP contribution < -0.4 is 4.74 Å². The van der Waals surface area contributed by atoms with E-state index in [2.05, 4.69) is 4.74 Å². The van der Waals surface area contributed by atoms with Crippen molar-refractivity contribution in [1.29, 1.82) is 0 Å². The van der Waals surface area contributed by atoms with Gasteiger partial charge in [0, 0.05) is 10.5 Å². The standard InChI is InChI=1S/C15H8F6O2S/c16-14(17,18)10-3-7-12(8-4-10)24-13(22)9-1-5-11(6-2-9)23-15(19,20)21/h1-8H. The van der Waals surface area contributed by atoms with Gasteiger partial charge in [0.25, 0.3) is 0 Å². The molecule has 0 bridgehead atoms. The fraction of sp³-hybridized carbons (Fsp3) is 0.133. The summed E-state index contributed by atoms with van der Waals surface area (Å²) >= 11 is 0.666. The number of thioether (sulfide) groups is 1. The second kappa shape index (κ2) is 6.76. The Bertz CT molecular complexity index is 705. The number of hydrogen-bond donors (Lipinski definition) is 0. The number of alkyl halides is 6. The highest BCUT2D eigenvalue weighted by molar-refractivity contribution is 8.14. The molecule has 2 aromatic carbocycles. The molecule has 0 fully saturated rings. The van der Waals surface area contributed by atoms with Gasteiger partial charge in [-0.1, -0.05) is 0 Å². The first-order valence-corrected chi connectivity index (χ1v) is 7.11. The highest BCUT2D eigenvalue weighted by atomic mass is 32.2. The van der Waals surface area contributed by atoms with E-state index in [0.717, 1.165) is 48.5 Å². The monoisotopic (exact) mass is 366 g/mol. The minimum atomic E-state index is -4.83. The Hall–Kier alpha value is -2.16. The Morgan fingerprint density at radius 2 is 1.38 bits per heavy atom. The zero-order valence-corrected chi connectivity index (χ0v) is 12.4. The summed E-state index contributed by atoms with van der Waals surface area (Å²) in [4.78, 5) is 12.3. The third-order valence-electron chi connectivity index (χ3n) is 2.72. The van der Waals surface area contributed by atoms with Gasteiger partial charge >= 0.3 is 12.5 Å². The zero-order valence-electron chi connectivity index (χ0n) is 11.6. The average Bonchev–Trinajstić information content (AvgIpc) is 2.46. The first-order valence-electron chi connectivity index (χ1n) is 6.30. The van der Waals surface area contributed by atoms with Crippen LogP contribution in [0, 0.1) is 0 Å². The average molecular weight is 366 g/mol. The highest BCUT2D eigenvalue weighted by Gasteiger charge is 2.31. The Labute approximate surface area is 136 Å². The van der Waals surface area contributed by atoms with Crippen LogP contribution in [0.15, 0.2) is 53.4 Å². The summed E-state index contributed by atoms with van der Waals surface area (Å²) in [5.74, 6) is -0.474. The van der Waals surface area contributed by atoms with Gasteiger partial charge in [0.05, 0.1) is 5.56 Å². The number of hydrogen-bond acceptors (Lipinski definition) is 3. The lowest BCUT2D eigenvalue weighted by Gasteiger charge is -2.09. The third kappa shape index (κ3) is 5.19. The van der Waals surface area contributed by atoms with E-state index >= 15 is 0 Å². The molecular formula is C15H8F6O2S. The molecule has 0 amide bonds. The molecule has 2 nitrogen and oxygen atoms in total. The van der Waals surface area contributed by atoms with E-state index in [1.807, 2.05) is 0 Å². The second-order valence-electron chi connectivity index (χ2n) is 4.48. The van der Waals surface area contributed by atoms with Crippen LogP contribution in [0.4, 0.5) is 26.3 Å². The summed E-state index contributed by atoms with van der Waals surface area (Å²) < 4.78 is 77.1. The SMILES string of the molecule is O=C(Sc1ccc(C(F)(F)F)cc1)c1ccc(OC(F)(F)F)cc1. The molecule has 0 N–H and O–H groups in total. The molecule has 9 heteroatoms. The Morgan fingerprint density at radius 1 is 0.833 bits per heavy atom. The maximum Gasteiger partial charge on any atom is 0.573 e. The van der Waals surface area contributed by atoms with Gasteiger partial charge in [-0.25, -0.2) is 0 Å². The molecule has 128 valence electrons. The van der Waals surface area contributed by atoms with E-state index in [1.54, 1.807) is 0 Å². The van der Waals surface area contributed by atoms with Gasteiger partial charge < -0.3 is 4.74 Å². The number of halogens is 6. The van der Waals surface area contributed by atoms with Crippen molar-refractivity contribution in [3.05, 3.63) is 59.7 Å². The van der Waals surface area contributed by atoms with Crippen molar-refractivity contribution < 1.29 is 35.9 Å². The predicted octanol–water partition coefficient (Wildman–Crippen LogP) is 5.54. The molecule has 2 aromatic rings. The minimum absolute atomic E-state index is 0.0921. The van der Waals surface area contributed by atoms with Crippen LogP contribution in [0.25, 0.3) is 0 Å². The Balaban J connectivity index is 2.04.